The number of fused-ring (bicyclic) bond motifs is 1. The van der Waals surface area contributed by atoms with Crippen LogP contribution in [0, 0.1) is 5.41 Å². The third kappa shape index (κ3) is 2.89. The van der Waals surface area contributed by atoms with Gasteiger partial charge in [-0.3, -0.25) is 4.79 Å². The van der Waals surface area contributed by atoms with Gasteiger partial charge in [0.1, 0.15) is 0 Å². The molecule has 0 saturated carbocycles. The van der Waals surface area contributed by atoms with Crippen LogP contribution in [-0.2, 0) is 14.3 Å². The van der Waals surface area contributed by atoms with E-state index < -0.39 is 0 Å². The van der Waals surface area contributed by atoms with Crippen molar-refractivity contribution >= 4 is 5.97 Å². The molecular formula is C14H22O3. The molecule has 0 N–H and O–H groups in total. The van der Waals surface area contributed by atoms with Crippen LogP contribution in [0.5, 0.6) is 0 Å². The maximum atomic E-state index is 11.3. The number of hydrogen-bond donors (Lipinski definition) is 0. The monoisotopic (exact) mass is 238 g/mol. The van der Waals surface area contributed by atoms with Gasteiger partial charge in [0.25, 0.3) is 0 Å². The minimum atomic E-state index is -0.193. The third-order valence-corrected chi connectivity index (χ3v) is 3.50. The lowest BCUT2D eigenvalue weighted by molar-refractivity contribution is -0.158. The zero-order valence-electron chi connectivity index (χ0n) is 11.0. The maximum Gasteiger partial charge on any atom is 0.306 e. The van der Waals surface area contributed by atoms with Crippen molar-refractivity contribution in [3.05, 3.63) is 12.2 Å². The molecule has 2 saturated heterocycles. The van der Waals surface area contributed by atoms with Crippen molar-refractivity contribution in [3.8, 4) is 0 Å². The van der Waals surface area contributed by atoms with Crippen molar-refractivity contribution in [3.63, 3.8) is 0 Å². The van der Waals surface area contributed by atoms with Crippen LogP contribution in [0.1, 0.15) is 46.5 Å². The van der Waals surface area contributed by atoms with E-state index >= 15 is 0 Å². The van der Waals surface area contributed by atoms with Crippen LogP contribution in [0.3, 0.4) is 0 Å². The molecule has 96 valence electrons. The zero-order valence-corrected chi connectivity index (χ0v) is 11.0. The molecule has 3 atom stereocenters. The molecule has 0 aliphatic carbocycles. The lowest BCUT2D eigenvalue weighted by Crippen LogP contribution is -2.33. The highest BCUT2D eigenvalue weighted by Gasteiger charge is 2.43. The fraction of sp³-hybridized carbons (Fsp3) is 0.786. The summed E-state index contributed by atoms with van der Waals surface area (Å²) < 4.78 is 11.3. The van der Waals surface area contributed by atoms with Gasteiger partial charge < -0.3 is 9.47 Å². The Bertz CT molecular complexity index is 327. The van der Waals surface area contributed by atoms with Crippen LogP contribution in [0.4, 0.5) is 0 Å². The molecule has 0 aromatic rings. The predicted molar refractivity (Wildman–Crippen MR) is 65.6 cm³/mol. The molecule has 2 heterocycles. The molecule has 0 amide bonds. The van der Waals surface area contributed by atoms with Crippen LogP contribution < -0.4 is 0 Å². The third-order valence-electron chi connectivity index (χ3n) is 3.50. The molecule has 0 aromatic heterocycles. The standard InChI is InChI=1S/C14H22O3/c1-9-10(7-8-14(2,3)4)16-11-5-6-12(15)17-13(9)11/h10-11,13H,1,5-8H2,2-4H3. The minimum Gasteiger partial charge on any atom is -0.455 e. The van der Waals surface area contributed by atoms with Gasteiger partial charge in [-0.15, -0.1) is 0 Å². The molecule has 0 radical (unpaired) electrons. The average Bonchev–Trinajstić information content (AvgIpc) is 2.52. The highest BCUT2D eigenvalue weighted by atomic mass is 16.6. The van der Waals surface area contributed by atoms with Gasteiger partial charge in [0.05, 0.1) is 12.2 Å². The lowest BCUT2D eigenvalue weighted by Gasteiger charge is -2.23. The van der Waals surface area contributed by atoms with E-state index in [1.807, 2.05) is 0 Å². The molecule has 2 fully saturated rings. The van der Waals surface area contributed by atoms with E-state index in [9.17, 15) is 4.79 Å². The fourth-order valence-corrected chi connectivity index (χ4v) is 2.44. The summed E-state index contributed by atoms with van der Waals surface area (Å²) in [6.45, 7) is 10.7. The lowest BCUT2D eigenvalue weighted by atomic mass is 9.87. The Labute approximate surface area is 103 Å². The maximum absolute atomic E-state index is 11.3. The molecule has 3 heteroatoms. The minimum absolute atomic E-state index is 0.0465. The Morgan fingerprint density at radius 2 is 2.12 bits per heavy atom. The van der Waals surface area contributed by atoms with Crippen LogP contribution in [0.25, 0.3) is 0 Å². The number of hydrogen-bond acceptors (Lipinski definition) is 3. The van der Waals surface area contributed by atoms with Crippen molar-refractivity contribution in [2.24, 2.45) is 5.41 Å². The molecule has 3 unspecified atom stereocenters. The Kier molecular flexibility index (Phi) is 3.30. The normalized spacial score (nSPS) is 33.5. The van der Waals surface area contributed by atoms with Crippen molar-refractivity contribution in [2.75, 3.05) is 0 Å². The molecular weight excluding hydrogens is 216 g/mol. The van der Waals surface area contributed by atoms with E-state index in [-0.39, 0.29) is 24.3 Å². The van der Waals surface area contributed by atoms with Gasteiger partial charge in [0.2, 0.25) is 0 Å². The molecule has 2 aliphatic rings. The van der Waals surface area contributed by atoms with E-state index in [0.717, 1.165) is 24.8 Å². The molecule has 3 nitrogen and oxygen atoms in total. The molecule has 0 bridgehead atoms. The van der Waals surface area contributed by atoms with Crippen molar-refractivity contribution in [1.82, 2.24) is 0 Å². The first-order valence-electron chi connectivity index (χ1n) is 6.40. The predicted octanol–water partition coefficient (Wildman–Crippen LogP) is 2.84. The molecule has 0 aromatic carbocycles. The topological polar surface area (TPSA) is 35.5 Å². The van der Waals surface area contributed by atoms with Gasteiger partial charge in [-0.2, -0.15) is 0 Å². The second kappa shape index (κ2) is 4.45. The Balaban J connectivity index is 1.94. The SMILES string of the molecule is C=C1C(CCC(C)(C)C)OC2CCC(=O)OC12. The van der Waals surface area contributed by atoms with Gasteiger partial charge in [-0.05, 0) is 30.3 Å². The first kappa shape index (κ1) is 12.6. The number of carbonyl (C=O) groups excluding carboxylic acids is 1. The van der Waals surface area contributed by atoms with E-state index in [1.54, 1.807) is 0 Å². The molecule has 0 spiro atoms. The summed E-state index contributed by atoms with van der Waals surface area (Å²) in [6, 6.07) is 0. The molecule has 2 aliphatic heterocycles. The summed E-state index contributed by atoms with van der Waals surface area (Å²) in [6.07, 6.45) is 3.22. The van der Waals surface area contributed by atoms with Gasteiger partial charge in [0, 0.05) is 6.42 Å². The Morgan fingerprint density at radius 3 is 2.76 bits per heavy atom. The van der Waals surface area contributed by atoms with E-state index in [2.05, 4.69) is 27.4 Å². The van der Waals surface area contributed by atoms with E-state index in [1.165, 1.54) is 0 Å². The van der Waals surface area contributed by atoms with Crippen LogP contribution in [0.2, 0.25) is 0 Å². The highest BCUT2D eigenvalue weighted by Crippen LogP contribution is 2.37. The van der Waals surface area contributed by atoms with Gasteiger partial charge >= 0.3 is 5.97 Å². The van der Waals surface area contributed by atoms with Gasteiger partial charge in [-0.25, -0.2) is 0 Å². The summed E-state index contributed by atoms with van der Waals surface area (Å²) >= 11 is 0. The van der Waals surface area contributed by atoms with Crippen molar-refractivity contribution in [1.29, 1.82) is 0 Å². The second-order valence-corrected chi connectivity index (χ2v) is 6.29. The van der Waals surface area contributed by atoms with E-state index in [4.69, 9.17) is 9.47 Å². The summed E-state index contributed by atoms with van der Waals surface area (Å²) in [5.41, 5.74) is 1.25. The number of ether oxygens (including phenoxy) is 2. The summed E-state index contributed by atoms with van der Waals surface area (Å²) in [7, 11) is 0. The second-order valence-electron chi connectivity index (χ2n) is 6.29. The molecule has 17 heavy (non-hydrogen) atoms. The van der Waals surface area contributed by atoms with Gasteiger partial charge in [-0.1, -0.05) is 27.4 Å². The fourth-order valence-electron chi connectivity index (χ4n) is 2.44. The van der Waals surface area contributed by atoms with Crippen molar-refractivity contribution in [2.45, 2.75) is 64.8 Å². The first-order chi connectivity index (χ1) is 7.87. The Morgan fingerprint density at radius 1 is 1.41 bits per heavy atom. The van der Waals surface area contributed by atoms with Crippen LogP contribution >= 0.6 is 0 Å². The largest absolute Gasteiger partial charge is 0.455 e. The first-order valence-corrected chi connectivity index (χ1v) is 6.40. The quantitative estimate of drug-likeness (QED) is 0.548. The van der Waals surface area contributed by atoms with Gasteiger partial charge in [0.15, 0.2) is 6.10 Å². The smallest absolute Gasteiger partial charge is 0.306 e. The molecule has 2 rings (SSSR count). The van der Waals surface area contributed by atoms with Crippen LogP contribution in [-0.4, -0.2) is 24.3 Å². The summed E-state index contributed by atoms with van der Waals surface area (Å²) in [5.74, 6) is -0.118. The Hall–Kier alpha value is -0.830. The number of rotatable bonds is 2. The zero-order chi connectivity index (χ0) is 12.6. The summed E-state index contributed by atoms with van der Waals surface area (Å²) in [5, 5.41) is 0. The van der Waals surface area contributed by atoms with E-state index in [0.29, 0.717) is 11.8 Å². The summed E-state index contributed by atoms with van der Waals surface area (Å²) in [4.78, 5) is 11.3. The van der Waals surface area contributed by atoms with Crippen molar-refractivity contribution < 1.29 is 14.3 Å². The van der Waals surface area contributed by atoms with Crippen LogP contribution in [0.15, 0.2) is 12.2 Å². The number of esters is 1. The number of carbonyl (C=O) groups is 1. The average molecular weight is 238 g/mol. The highest BCUT2D eigenvalue weighted by molar-refractivity contribution is 5.71.